The summed E-state index contributed by atoms with van der Waals surface area (Å²) in [5.74, 6) is 0. The standard InChI is InChI=1S/C14H15N5O2/c1-3-21-14(20)19-8-12(15)11-4-9(5-16-13(11)19)10-6-17-18(2)7-10/h4-8H,3,15H2,1-2H3. The molecule has 0 aromatic carbocycles. The van der Waals surface area contributed by atoms with Crippen LogP contribution in [0.2, 0.25) is 0 Å². The number of carbonyl (C=O) groups is 1. The third-order valence-corrected chi connectivity index (χ3v) is 3.18. The number of nitrogen functional groups attached to an aromatic ring is 1. The number of pyridine rings is 1. The van der Waals surface area contributed by atoms with Crippen molar-refractivity contribution >= 4 is 22.8 Å². The smallest absolute Gasteiger partial charge is 0.419 e. The number of hydrogen-bond acceptors (Lipinski definition) is 5. The van der Waals surface area contributed by atoms with E-state index in [-0.39, 0.29) is 0 Å². The van der Waals surface area contributed by atoms with Crippen molar-refractivity contribution in [2.24, 2.45) is 7.05 Å². The molecule has 3 aromatic rings. The Labute approximate surface area is 120 Å². The lowest BCUT2D eigenvalue weighted by Crippen LogP contribution is -2.12. The van der Waals surface area contributed by atoms with Crippen molar-refractivity contribution in [1.29, 1.82) is 0 Å². The van der Waals surface area contributed by atoms with Gasteiger partial charge in [0.15, 0.2) is 5.65 Å². The van der Waals surface area contributed by atoms with Crippen LogP contribution < -0.4 is 5.73 Å². The van der Waals surface area contributed by atoms with Crippen molar-refractivity contribution < 1.29 is 9.53 Å². The van der Waals surface area contributed by atoms with Crippen LogP contribution in [-0.2, 0) is 11.8 Å². The molecule has 0 aliphatic rings. The van der Waals surface area contributed by atoms with Crippen LogP contribution in [0.15, 0.2) is 30.9 Å². The van der Waals surface area contributed by atoms with Gasteiger partial charge in [-0.05, 0) is 13.0 Å². The van der Waals surface area contributed by atoms with Gasteiger partial charge in [0.1, 0.15) is 0 Å². The number of anilines is 1. The number of nitrogens with two attached hydrogens (primary N) is 1. The van der Waals surface area contributed by atoms with E-state index in [0.29, 0.717) is 23.3 Å². The summed E-state index contributed by atoms with van der Waals surface area (Å²) in [6.07, 6.45) is 6.38. The molecule has 21 heavy (non-hydrogen) atoms. The van der Waals surface area contributed by atoms with Crippen molar-refractivity contribution in [2.75, 3.05) is 12.3 Å². The first-order valence-corrected chi connectivity index (χ1v) is 6.53. The van der Waals surface area contributed by atoms with Crippen LogP contribution in [-0.4, -0.2) is 32.0 Å². The van der Waals surface area contributed by atoms with E-state index in [1.54, 1.807) is 24.0 Å². The molecule has 7 nitrogen and oxygen atoms in total. The van der Waals surface area contributed by atoms with Gasteiger partial charge in [0.05, 0.1) is 18.5 Å². The Morgan fingerprint density at radius 2 is 2.14 bits per heavy atom. The van der Waals surface area contributed by atoms with E-state index in [2.05, 4.69) is 10.1 Å². The average Bonchev–Trinajstić information content (AvgIpc) is 3.03. The molecule has 0 radical (unpaired) electrons. The van der Waals surface area contributed by atoms with E-state index in [0.717, 1.165) is 11.1 Å². The Morgan fingerprint density at radius 3 is 2.81 bits per heavy atom. The highest BCUT2D eigenvalue weighted by Crippen LogP contribution is 2.27. The number of rotatable bonds is 2. The maximum atomic E-state index is 11.9. The fourth-order valence-electron chi connectivity index (χ4n) is 2.19. The van der Waals surface area contributed by atoms with Crippen molar-refractivity contribution in [3.05, 3.63) is 30.9 Å². The zero-order valence-electron chi connectivity index (χ0n) is 11.8. The first kappa shape index (κ1) is 13.2. The topological polar surface area (TPSA) is 88.0 Å². The molecule has 3 aromatic heterocycles. The van der Waals surface area contributed by atoms with E-state index in [4.69, 9.17) is 10.5 Å². The van der Waals surface area contributed by atoms with E-state index in [9.17, 15) is 4.79 Å². The second kappa shape index (κ2) is 4.93. The summed E-state index contributed by atoms with van der Waals surface area (Å²) in [4.78, 5) is 16.2. The van der Waals surface area contributed by atoms with Gasteiger partial charge in [0, 0.05) is 42.2 Å². The molecule has 0 fully saturated rings. The molecular formula is C14H15N5O2. The lowest BCUT2D eigenvalue weighted by Gasteiger charge is -2.03. The monoisotopic (exact) mass is 285 g/mol. The molecule has 0 saturated carbocycles. The Kier molecular flexibility index (Phi) is 3.09. The largest absolute Gasteiger partial charge is 0.449 e. The molecule has 108 valence electrons. The number of carbonyl (C=O) groups excluding carboxylic acids is 1. The Hall–Kier alpha value is -2.83. The molecule has 0 atom stereocenters. The maximum Gasteiger partial charge on any atom is 0.419 e. The molecule has 0 saturated heterocycles. The first-order valence-electron chi connectivity index (χ1n) is 6.53. The van der Waals surface area contributed by atoms with Crippen LogP contribution in [0, 0.1) is 0 Å². The summed E-state index contributed by atoms with van der Waals surface area (Å²) in [5, 5.41) is 4.84. The van der Waals surface area contributed by atoms with Crippen molar-refractivity contribution in [3.63, 3.8) is 0 Å². The summed E-state index contributed by atoms with van der Waals surface area (Å²) in [5.41, 5.74) is 8.77. The number of hydrogen-bond donors (Lipinski definition) is 1. The zero-order valence-corrected chi connectivity index (χ0v) is 11.8. The van der Waals surface area contributed by atoms with E-state index in [1.165, 1.54) is 10.8 Å². The third-order valence-electron chi connectivity index (χ3n) is 3.18. The fourth-order valence-corrected chi connectivity index (χ4v) is 2.19. The second-order valence-corrected chi connectivity index (χ2v) is 4.65. The lowest BCUT2D eigenvalue weighted by atomic mass is 10.1. The molecule has 3 rings (SSSR count). The van der Waals surface area contributed by atoms with Gasteiger partial charge in [-0.3, -0.25) is 4.68 Å². The molecule has 0 unspecified atom stereocenters. The summed E-state index contributed by atoms with van der Waals surface area (Å²) in [7, 11) is 1.85. The fraction of sp³-hybridized carbons (Fsp3) is 0.214. The van der Waals surface area contributed by atoms with E-state index >= 15 is 0 Å². The van der Waals surface area contributed by atoms with Crippen LogP contribution in [0.4, 0.5) is 10.5 Å². The van der Waals surface area contributed by atoms with Gasteiger partial charge in [0.2, 0.25) is 0 Å². The second-order valence-electron chi connectivity index (χ2n) is 4.65. The van der Waals surface area contributed by atoms with Gasteiger partial charge < -0.3 is 10.5 Å². The Morgan fingerprint density at radius 1 is 1.33 bits per heavy atom. The highest BCUT2D eigenvalue weighted by molar-refractivity contribution is 5.97. The number of aromatic nitrogens is 4. The summed E-state index contributed by atoms with van der Waals surface area (Å²) >= 11 is 0. The Balaban J connectivity index is 2.11. The lowest BCUT2D eigenvalue weighted by molar-refractivity contribution is 0.155. The van der Waals surface area contributed by atoms with Gasteiger partial charge in [-0.1, -0.05) is 0 Å². The molecular weight excluding hydrogens is 270 g/mol. The van der Waals surface area contributed by atoms with Gasteiger partial charge in [0.25, 0.3) is 0 Å². The predicted molar refractivity (Wildman–Crippen MR) is 78.8 cm³/mol. The van der Waals surface area contributed by atoms with Crippen LogP contribution in [0.3, 0.4) is 0 Å². The minimum atomic E-state index is -0.485. The minimum absolute atomic E-state index is 0.298. The normalized spacial score (nSPS) is 11.0. The molecule has 2 N–H and O–H groups in total. The zero-order chi connectivity index (χ0) is 15.0. The molecule has 0 aliphatic heterocycles. The molecule has 0 aliphatic carbocycles. The highest BCUT2D eigenvalue weighted by Gasteiger charge is 2.15. The number of aryl methyl sites for hydroxylation is 1. The van der Waals surface area contributed by atoms with Crippen LogP contribution in [0.5, 0.6) is 0 Å². The van der Waals surface area contributed by atoms with Crippen molar-refractivity contribution in [3.8, 4) is 11.1 Å². The molecule has 0 spiro atoms. The van der Waals surface area contributed by atoms with E-state index in [1.807, 2.05) is 19.3 Å². The third kappa shape index (κ3) is 2.22. The summed E-state index contributed by atoms with van der Waals surface area (Å²) in [6, 6.07) is 1.89. The van der Waals surface area contributed by atoms with Crippen molar-refractivity contribution in [2.45, 2.75) is 6.92 Å². The van der Waals surface area contributed by atoms with Gasteiger partial charge in [-0.15, -0.1) is 0 Å². The first-order chi connectivity index (χ1) is 10.1. The number of fused-ring (bicyclic) bond motifs is 1. The highest BCUT2D eigenvalue weighted by atomic mass is 16.5. The van der Waals surface area contributed by atoms with E-state index < -0.39 is 6.09 Å². The number of ether oxygens (including phenoxy) is 1. The number of nitrogens with zero attached hydrogens (tertiary/aromatic N) is 4. The van der Waals surface area contributed by atoms with Crippen molar-refractivity contribution in [1.82, 2.24) is 19.3 Å². The maximum absolute atomic E-state index is 11.9. The quantitative estimate of drug-likeness (QED) is 0.778. The SMILES string of the molecule is CCOC(=O)n1cc(N)c2cc(-c3cnn(C)c3)cnc21. The predicted octanol–water partition coefficient (Wildman–Crippen LogP) is 2.02. The summed E-state index contributed by atoms with van der Waals surface area (Å²) < 4.78 is 8.02. The molecule has 7 heteroatoms. The average molecular weight is 285 g/mol. The molecule has 0 amide bonds. The molecule has 0 bridgehead atoms. The van der Waals surface area contributed by atoms with Crippen LogP contribution >= 0.6 is 0 Å². The van der Waals surface area contributed by atoms with Gasteiger partial charge in [-0.2, -0.15) is 5.10 Å². The van der Waals surface area contributed by atoms with Gasteiger partial charge in [-0.25, -0.2) is 14.3 Å². The minimum Gasteiger partial charge on any atom is -0.449 e. The Bertz CT molecular complexity index is 818. The summed E-state index contributed by atoms with van der Waals surface area (Å²) in [6.45, 7) is 2.05. The van der Waals surface area contributed by atoms with Crippen LogP contribution in [0.25, 0.3) is 22.2 Å². The molecule has 3 heterocycles. The van der Waals surface area contributed by atoms with Crippen LogP contribution in [0.1, 0.15) is 6.92 Å². The van der Waals surface area contributed by atoms with Gasteiger partial charge >= 0.3 is 6.09 Å².